The summed E-state index contributed by atoms with van der Waals surface area (Å²) in [5, 5.41) is 13.2. The van der Waals surface area contributed by atoms with Crippen molar-refractivity contribution in [2.75, 3.05) is 76.0 Å². The number of nitrogens with zero attached hydrogens (tertiary/aromatic N) is 8. The van der Waals surface area contributed by atoms with Gasteiger partial charge in [-0.1, -0.05) is 60.7 Å². The molecule has 4 fully saturated rings. The number of hydrogen-bond donors (Lipinski definition) is 4. The van der Waals surface area contributed by atoms with E-state index in [9.17, 15) is 19.2 Å². The summed E-state index contributed by atoms with van der Waals surface area (Å²) in [4.78, 5) is 74.5. The van der Waals surface area contributed by atoms with Crippen molar-refractivity contribution in [3.8, 4) is 0 Å². The van der Waals surface area contributed by atoms with Gasteiger partial charge in [0.1, 0.15) is 0 Å². The third-order valence-corrected chi connectivity index (χ3v) is 14.8. The van der Waals surface area contributed by atoms with Crippen LogP contribution in [0.25, 0.3) is 0 Å². The number of amides is 8. The van der Waals surface area contributed by atoms with E-state index < -0.39 is 22.7 Å². The second-order valence-electron chi connectivity index (χ2n) is 19.1. The van der Waals surface area contributed by atoms with E-state index in [2.05, 4.69) is 33.4 Å². The number of benzene rings is 5. The fourth-order valence-electron chi connectivity index (χ4n) is 11.6. The number of nitrogens with one attached hydrogen (secondary N) is 4. The van der Waals surface area contributed by atoms with Gasteiger partial charge in [0.05, 0.1) is 26.2 Å². The summed E-state index contributed by atoms with van der Waals surface area (Å²) >= 11 is 0. The predicted molar refractivity (Wildman–Crippen MR) is 253 cm³/mol. The average Bonchev–Trinajstić information content (AvgIpc) is 3.77. The third-order valence-electron chi connectivity index (χ3n) is 14.8. The van der Waals surface area contributed by atoms with E-state index in [1.165, 1.54) is 0 Å². The van der Waals surface area contributed by atoms with E-state index in [0.29, 0.717) is 0 Å². The lowest BCUT2D eigenvalue weighted by atomic mass is 9.81. The summed E-state index contributed by atoms with van der Waals surface area (Å²) in [6, 6.07) is 34.7. The monoisotopic (exact) mass is 886 g/mol. The molecule has 6 aliphatic rings. The van der Waals surface area contributed by atoms with Gasteiger partial charge in [-0.05, 0) is 70.8 Å². The molecule has 0 radical (unpaired) electrons. The lowest BCUT2D eigenvalue weighted by molar-refractivity contribution is -0.0160. The maximum absolute atomic E-state index is 14.8. The van der Waals surface area contributed by atoms with E-state index >= 15 is 0 Å². The van der Waals surface area contributed by atoms with Gasteiger partial charge >= 0.3 is 24.1 Å². The van der Waals surface area contributed by atoms with E-state index in [1.54, 1.807) is 19.6 Å². The Labute approximate surface area is 384 Å². The molecule has 6 aliphatic heterocycles. The van der Waals surface area contributed by atoms with Crippen molar-refractivity contribution in [1.82, 2.24) is 40.9 Å². The summed E-state index contributed by atoms with van der Waals surface area (Å²) in [7, 11) is 15.8. The van der Waals surface area contributed by atoms with Crippen LogP contribution < -0.4 is 40.9 Å². The summed E-state index contributed by atoms with van der Waals surface area (Å²) in [6.07, 6.45) is 0. The molecular formula is C50H54N12O4. The smallest absolute Gasteiger partial charge is 0.322 e. The minimum absolute atomic E-state index is 0.155. The molecule has 5 aromatic rings. The number of fused-ring (bicyclic) bond motifs is 2. The van der Waals surface area contributed by atoms with Crippen LogP contribution in [0.3, 0.4) is 0 Å². The standard InChI is InChI=1S/C50H54N12O4/c1-55(2)39-17-9-35(10-18-39)47-49(37-13-21-41(22-14-37)57(5)6)59(43(63)51-47)27-31-25-33-29-61-45(65)53-48(36-11-19-40(20-12-36)56(3)4)50(61,38-15-23-42(24-16-38)58(7)8)62(46(66)54-48)30-34(33)26-32(31)28-60(49)44(64)52-47/h9-26H,27-30H2,1-8H3,(H,51,63)(H,52,64)(H,53,65)(H,54,66). The first kappa shape index (κ1) is 41.1. The predicted octanol–water partition coefficient (Wildman–Crippen LogP) is 5.49. The van der Waals surface area contributed by atoms with Crippen molar-refractivity contribution >= 4 is 46.9 Å². The highest BCUT2D eigenvalue weighted by atomic mass is 16.2. The number of carbonyl (C=O) groups is 4. The van der Waals surface area contributed by atoms with Gasteiger partial charge in [-0.15, -0.1) is 0 Å². The molecule has 16 heteroatoms. The lowest BCUT2D eigenvalue weighted by Gasteiger charge is -2.46. The van der Waals surface area contributed by atoms with Gasteiger partial charge in [0.25, 0.3) is 0 Å². The first-order valence-electron chi connectivity index (χ1n) is 22.2. The van der Waals surface area contributed by atoms with Crippen LogP contribution in [0.5, 0.6) is 0 Å². The van der Waals surface area contributed by atoms with Crippen LogP contribution in [0.1, 0.15) is 44.5 Å². The van der Waals surface area contributed by atoms with E-state index in [-0.39, 0.29) is 50.3 Å². The highest BCUT2D eigenvalue weighted by molar-refractivity contribution is 5.91. The SMILES string of the molecule is CN(C)c1ccc(C23NC(=O)N4Cc5cc6c(cc5CN(C(=O)N2)C43c2ccc(N(C)C)cc2)CN2C(=O)NC3(c4ccc(N(C)C)cc4)NC(=O)N(C6)C23c2ccc(N(C)C)cc2)cc1. The molecule has 0 unspecified atom stereocenters. The Morgan fingerprint density at radius 1 is 0.348 bits per heavy atom. The fraction of sp³-hybridized carbons (Fsp3) is 0.320. The zero-order chi connectivity index (χ0) is 46.2. The molecule has 4 N–H and O–H groups in total. The second-order valence-corrected chi connectivity index (χ2v) is 19.1. The Morgan fingerprint density at radius 2 is 0.561 bits per heavy atom. The van der Waals surface area contributed by atoms with Crippen LogP contribution in [0.4, 0.5) is 41.9 Å². The normalized spacial score (nSPS) is 25.5. The molecule has 0 spiro atoms. The molecule has 5 aromatic carbocycles. The molecule has 6 heterocycles. The van der Waals surface area contributed by atoms with Crippen LogP contribution in [0.15, 0.2) is 109 Å². The highest BCUT2D eigenvalue weighted by Gasteiger charge is 2.76. The van der Waals surface area contributed by atoms with Gasteiger partial charge in [-0.25, -0.2) is 19.2 Å². The third kappa shape index (κ3) is 5.20. The Hall–Kier alpha value is -7.62. The Bertz CT molecular complexity index is 2570. The van der Waals surface area contributed by atoms with Crippen LogP contribution in [-0.4, -0.2) is 100 Å². The number of rotatable bonds is 8. The summed E-state index contributed by atoms with van der Waals surface area (Å²) in [5.41, 5.74) is 4.82. The number of anilines is 4. The highest BCUT2D eigenvalue weighted by Crippen LogP contribution is 2.59. The second kappa shape index (κ2) is 13.9. The number of urea groups is 4. The fourth-order valence-corrected chi connectivity index (χ4v) is 11.6. The maximum Gasteiger partial charge on any atom is 0.322 e. The van der Waals surface area contributed by atoms with Crippen molar-refractivity contribution < 1.29 is 19.2 Å². The largest absolute Gasteiger partial charge is 0.378 e. The minimum atomic E-state index is -1.37. The molecule has 4 saturated heterocycles. The van der Waals surface area contributed by atoms with Crippen LogP contribution >= 0.6 is 0 Å². The van der Waals surface area contributed by atoms with Gasteiger partial charge in [-0.2, -0.15) is 0 Å². The minimum Gasteiger partial charge on any atom is -0.378 e. The van der Waals surface area contributed by atoms with Crippen LogP contribution in [0.2, 0.25) is 0 Å². The van der Waals surface area contributed by atoms with Gasteiger partial charge in [0, 0.05) is 101 Å². The molecule has 0 bridgehead atoms. The molecule has 8 amide bonds. The molecule has 16 nitrogen and oxygen atoms in total. The van der Waals surface area contributed by atoms with Gasteiger partial charge < -0.3 is 40.9 Å². The van der Waals surface area contributed by atoms with Crippen molar-refractivity contribution in [1.29, 1.82) is 0 Å². The summed E-state index contributed by atoms with van der Waals surface area (Å²) in [5.74, 6) is 0. The number of carbonyl (C=O) groups excluding carboxylic acids is 4. The molecule has 0 saturated carbocycles. The maximum atomic E-state index is 14.8. The van der Waals surface area contributed by atoms with E-state index in [1.807, 2.05) is 173 Å². The van der Waals surface area contributed by atoms with Crippen molar-refractivity contribution in [3.05, 3.63) is 154 Å². The Balaban J connectivity index is 1.07. The molecule has 0 aromatic heterocycles. The molecule has 0 atom stereocenters. The Morgan fingerprint density at radius 3 is 0.773 bits per heavy atom. The van der Waals surface area contributed by atoms with Crippen LogP contribution in [-0.2, 0) is 48.8 Å². The number of hydrogen-bond acceptors (Lipinski definition) is 8. The molecular weight excluding hydrogens is 833 g/mol. The molecule has 0 aliphatic carbocycles. The van der Waals surface area contributed by atoms with E-state index in [0.717, 1.165) is 67.3 Å². The first-order chi connectivity index (χ1) is 31.5. The molecule has 66 heavy (non-hydrogen) atoms. The van der Waals surface area contributed by atoms with Gasteiger partial charge in [0.15, 0.2) is 22.7 Å². The molecule has 11 rings (SSSR count). The van der Waals surface area contributed by atoms with Crippen molar-refractivity contribution in [3.63, 3.8) is 0 Å². The van der Waals surface area contributed by atoms with Crippen molar-refractivity contribution in [2.45, 2.75) is 48.8 Å². The lowest BCUT2D eigenvalue weighted by Crippen LogP contribution is -2.61. The zero-order valence-electron chi connectivity index (χ0n) is 38.4. The van der Waals surface area contributed by atoms with Crippen LogP contribution in [0, 0.1) is 0 Å². The van der Waals surface area contributed by atoms with Crippen molar-refractivity contribution in [2.24, 2.45) is 0 Å². The first-order valence-corrected chi connectivity index (χ1v) is 22.2. The van der Waals surface area contributed by atoms with Gasteiger partial charge in [-0.3, -0.25) is 19.6 Å². The van der Waals surface area contributed by atoms with E-state index in [4.69, 9.17) is 0 Å². The average molecular weight is 887 g/mol. The quantitative estimate of drug-likeness (QED) is 0.161. The summed E-state index contributed by atoms with van der Waals surface area (Å²) < 4.78 is 0. The Kier molecular flexibility index (Phi) is 8.68. The zero-order valence-corrected chi connectivity index (χ0v) is 38.4. The topological polar surface area (TPSA) is 142 Å². The van der Waals surface area contributed by atoms with Gasteiger partial charge in [0.2, 0.25) is 0 Å². The molecule has 338 valence electrons. The summed E-state index contributed by atoms with van der Waals surface area (Å²) in [6.45, 7) is 0.621.